The Labute approximate surface area is 124 Å². The molecule has 0 aliphatic rings. The minimum atomic E-state index is -0.332. The van der Waals surface area contributed by atoms with E-state index < -0.39 is 0 Å². The molecular formula is C16H19NO4. The van der Waals surface area contributed by atoms with Crippen LogP contribution in [0.1, 0.15) is 35.7 Å². The van der Waals surface area contributed by atoms with E-state index in [1.807, 2.05) is 0 Å². The lowest BCUT2D eigenvalue weighted by Crippen LogP contribution is -2.26. The van der Waals surface area contributed by atoms with Crippen molar-refractivity contribution in [3.8, 4) is 11.8 Å². The molecule has 0 aliphatic carbocycles. The monoisotopic (exact) mass is 289 g/mol. The highest BCUT2D eigenvalue weighted by atomic mass is 16.5. The number of rotatable bonds is 6. The number of aliphatic hydroxyl groups excluding tert-OH is 1. The molecule has 1 aromatic carbocycles. The van der Waals surface area contributed by atoms with Crippen molar-refractivity contribution in [3.05, 3.63) is 35.4 Å². The van der Waals surface area contributed by atoms with Crippen LogP contribution in [0.3, 0.4) is 0 Å². The Balaban J connectivity index is 2.53. The van der Waals surface area contributed by atoms with E-state index in [0.29, 0.717) is 24.2 Å². The van der Waals surface area contributed by atoms with Crippen LogP contribution in [0.15, 0.2) is 24.3 Å². The second-order valence-corrected chi connectivity index (χ2v) is 4.17. The highest BCUT2D eigenvalue weighted by Gasteiger charge is 2.07. The number of benzene rings is 1. The molecule has 1 aromatic rings. The van der Waals surface area contributed by atoms with Gasteiger partial charge in [0.15, 0.2) is 0 Å². The first-order valence-corrected chi connectivity index (χ1v) is 6.81. The zero-order valence-corrected chi connectivity index (χ0v) is 12.0. The molecule has 0 radical (unpaired) electrons. The van der Waals surface area contributed by atoms with Gasteiger partial charge < -0.3 is 15.2 Å². The zero-order chi connectivity index (χ0) is 15.5. The van der Waals surface area contributed by atoms with E-state index >= 15 is 0 Å². The van der Waals surface area contributed by atoms with E-state index in [2.05, 4.69) is 17.2 Å². The van der Waals surface area contributed by atoms with Crippen molar-refractivity contribution >= 4 is 11.9 Å². The topological polar surface area (TPSA) is 75.6 Å². The average Bonchev–Trinajstić information content (AvgIpc) is 2.48. The van der Waals surface area contributed by atoms with Crippen LogP contribution in [-0.2, 0) is 9.53 Å². The maximum atomic E-state index is 11.9. The van der Waals surface area contributed by atoms with Crippen molar-refractivity contribution in [2.75, 3.05) is 19.8 Å². The van der Waals surface area contributed by atoms with E-state index in [9.17, 15) is 9.59 Å². The molecule has 0 fully saturated rings. The maximum absolute atomic E-state index is 11.9. The fourth-order valence-electron chi connectivity index (χ4n) is 1.57. The van der Waals surface area contributed by atoms with Crippen LogP contribution in [0, 0.1) is 11.8 Å². The minimum absolute atomic E-state index is 0.0149. The minimum Gasteiger partial charge on any atom is -0.466 e. The Morgan fingerprint density at radius 3 is 2.90 bits per heavy atom. The normalized spacial score (nSPS) is 9.43. The first-order valence-electron chi connectivity index (χ1n) is 6.81. The molecule has 5 nitrogen and oxygen atoms in total. The summed E-state index contributed by atoms with van der Waals surface area (Å²) in [4.78, 5) is 23.1. The molecule has 1 rings (SSSR count). The van der Waals surface area contributed by atoms with Gasteiger partial charge in [-0.1, -0.05) is 17.9 Å². The summed E-state index contributed by atoms with van der Waals surface area (Å²) < 4.78 is 4.77. The molecule has 0 aromatic heterocycles. The molecule has 2 N–H and O–H groups in total. The van der Waals surface area contributed by atoms with Crippen LogP contribution >= 0.6 is 0 Å². The van der Waals surface area contributed by atoms with Gasteiger partial charge in [0.1, 0.15) is 0 Å². The van der Waals surface area contributed by atoms with Gasteiger partial charge in [0, 0.05) is 24.1 Å². The molecule has 21 heavy (non-hydrogen) atoms. The Bertz CT molecular complexity index is 543. The van der Waals surface area contributed by atoms with Gasteiger partial charge in [-0.25, -0.2) is 0 Å². The van der Waals surface area contributed by atoms with Crippen molar-refractivity contribution in [1.82, 2.24) is 5.32 Å². The number of hydrogen-bond donors (Lipinski definition) is 2. The third-order valence-corrected chi connectivity index (χ3v) is 2.51. The van der Waals surface area contributed by atoms with E-state index in [1.165, 1.54) is 0 Å². The summed E-state index contributed by atoms with van der Waals surface area (Å²) in [6.45, 7) is 2.32. The van der Waals surface area contributed by atoms with Crippen LogP contribution in [0.25, 0.3) is 0 Å². The van der Waals surface area contributed by atoms with Gasteiger partial charge in [-0.05, 0) is 25.1 Å². The molecule has 0 saturated heterocycles. The fourth-order valence-corrected chi connectivity index (χ4v) is 1.57. The highest BCUT2D eigenvalue weighted by Crippen LogP contribution is 2.04. The van der Waals surface area contributed by atoms with Crippen LogP contribution in [0.5, 0.6) is 0 Å². The Hall–Kier alpha value is -2.32. The Morgan fingerprint density at radius 2 is 2.19 bits per heavy atom. The summed E-state index contributed by atoms with van der Waals surface area (Å²) >= 11 is 0. The number of esters is 1. The number of amides is 1. The number of ether oxygens (including phenoxy) is 1. The third-order valence-electron chi connectivity index (χ3n) is 2.51. The van der Waals surface area contributed by atoms with E-state index in [4.69, 9.17) is 9.84 Å². The largest absolute Gasteiger partial charge is 0.466 e. The molecule has 0 spiro atoms. The van der Waals surface area contributed by atoms with Gasteiger partial charge in [0.2, 0.25) is 0 Å². The first kappa shape index (κ1) is 16.7. The van der Waals surface area contributed by atoms with Gasteiger partial charge in [0.05, 0.1) is 19.6 Å². The van der Waals surface area contributed by atoms with Gasteiger partial charge in [0.25, 0.3) is 5.91 Å². The summed E-state index contributed by atoms with van der Waals surface area (Å²) in [6, 6.07) is 6.88. The van der Waals surface area contributed by atoms with E-state index in [1.54, 1.807) is 31.2 Å². The van der Waals surface area contributed by atoms with Crippen LogP contribution in [0.2, 0.25) is 0 Å². The summed E-state index contributed by atoms with van der Waals surface area (Å²) in [7, 11) is 0. The van der Waals surface area contributed by atoms with E-state index in [-0.39, 0.29) is 31.4 Å². The molecule has 5 heteroatoms. The lowest BCUT2D eigenvalue weighted by Gasteiger charge is -2.05. The number of aliphatic hydroxyl groups is 1. The first-order chi connectivity index (χ1) is 10.2. The summed E-state index contributed by atoms with van der Waals surface area (Å²) in [5, 5.41) is 11.3. The molecule has 0 unspecified atom stereocenters. The highest BCUT2D eigenvalue weighted by molar-refractivity contribution is 5.94. The van der Waals surface area contributed by atoms with Gasteiger partial charge >= 0.3 is 5.97 Å². The molecule has 0 heterocycles. The number of carbonyl (C=O) groups excluding carboxylic acids is 2. The fraction of sp³-hybridized carbons (Fsp3) is 0.375. The smallest absolute Gasteiger partial charge is 0.307 e. The number of hydrogen-bond acceptors (Lipinski definition) is 4. The maximum Gasteiger partial charge on any atom is 0.307 e. The lowest BCUT2D eigenvalue weighted by molar-refractivity contribution is -0.142. The van der Waals surface area contributed by atoms with Gasteiger partial charge in [-0.15, -0.1) is 0 Å². The van der Waals surface area contributed by atoms with Crippen LogP contribution in [-0.4, -0.2) is 36.7 Å². The van der Waals surface area contributed by atoms with Gasteiger partial charge in [-0.2, -0.15) is 0 Å². The quantitative estimate of drug-likeness (QED) is 0.607. The van der Waals surface area contributed by atoms with Crippen molar-refractivity contribution in [1.29, 1.82) is 0 Å². The predicted molar refractivity (Wildman–Crippen MR) is 78.6 cm³/mol. The number of nitrogens with one attached hydrogen (secondary N) is 1. The third kappa shape index (κ3) is 6.59. The molecule has 112 valence electrons. The summed E-state index contributed by atoms with van der Waals surface area (Å²) in [5.74, 6) is 5.07. The van der Waals surface area contributed by atoms with Crippen molar-refractivity contribution in [3.63, 3.8) is 0 Å². The Kier molecular flexibility index (Phi) is 7.62. The lowest BCUT2D eigenvalue weighted by atomic mass is 10.1. The van der Waals surface area contributed by atoms with Crippen molar-refractivity contribution in [2.24, 2.45) is 0 Å². The van der Waals surface area contributed by atoms with Gasteiger partial charge in [-0.3, -0.25) is 9.59 Å². The van der Waals surface area contributed by atoms with Crippen molar-refractivity contribution in [2.45, 2.75) is 19.8 Å². The molecule has 0 atom stereocenters. The van der Waals surface area contributed by atoms with E-state index in [0.717, 1.165) is 0 Å². The average molecular weight is 289 g/mol. The molecule has 0 saturated carbocycles. The number of carbonyl (C=O) groups is 2. The molecule has 1 amide bonds. The summed E-state index contributed by atoms with van der Waals surface area (Å²) in [5.41, 5.74) is 1.19. The molecular weight excluding hydrogens is 270 g/mol. The molecule has 0 aliphatic heterocycles. The zero-order valence-electron chi connectivity index (χ0n) is 12.0. The second-order valence-electron chi connectivity index (χ2n) is 4.17. The summed E-state index contributed by atoms with van der Waals surface area (Å²) in [6.07, 6.45) is 0.547. The SMILES string of the molecule is CCOC(=O)CCNC(=O)c1cccc(C#CCCO)c1. The van der Waals surface area contributed by atoms with Crippen molar-refractivity contribution < 1.29 is 19.4 Å². The second kappa shape index (κ2) is 9.56. The van der Waals surface area contributed by atoms with Crippen LogP contribution < -0.4 is 5.32 Å². The molecule has 0 bridgehead atoms. The predicted octanol–water partition coefficient (Wildman–Crippen LogP) is 1.10. The Morgan fingerprint density at radius 1 is 1.38 bits per heavy atom. The van der Waals surface area contributed by atoms with Crippen LogP contribution in [0.4, 0.5) is 0 Å². The standard InChI is InChI=1S/C16H19NO4/c1-2-21-15(19)9-10-17-16(20)14-8-5-7-13(12-14)6-3-4-11-18/h5,7-8,12,18H,2,4,9-11H2,1H3,(H,17,20).